The first-order valence-corrected chi connectivity index (χ1v) is 9.28. The Hall–Kier alpha value is -2.20. The first-order chi connectivity index (χ1) is 12.4. The van der Waals surface area contributed by atoms with Crippen LogP contribution in [0.4, 0.5) is 0 Å². The minimum Gasteiger partial charge on any atom is -0.491 e. The fourth-order valence-corrected chi connectivity index (χ4v) is 2.77. The van der Waals surface area contributed by atoms with Crippen molar-refractivity contribution in [1.82, 2.24) is 16.2 Å². The van der Waals surface area contributed by atoms with E-state index >= 15 is 0 Å². The Morgan fingerprint density at radius 2 is 1.65 bits per heavy atom. The van der Waals surface area contributed by atoms with Crippen LogP contribution in [-0.2, 0) is 0 Å². The highest BCUT2D eigenvalue weighted by Crippen LogP contribution is 2.14. The van der Waals surface area contributed by atoms with E-state index in [0.29, 0.717) is 16.9 Å². The molecule has 26 heavy (non-hydrogen) atoms. The summed E-state index contributed by atoms with van der Waals surface area (Å²) in [5.41, 5.74) is 5.91. The van der Waals surface area contributed by atoms with Crippen LogP contribution in [0.3, 0.4) is 0 Å². The summed E-state index contributed by atoms with van der Waals surface area (Å²) in [5, 5.41) is 2.50. The molecular formula is C18H18IN3O3S. The van der Waals surface area contributed by atoms with Gasteiger partial charge in [0.2, 0.25) is 0 Å². The molecule has 0 radical (unpaired) electrons. The number of nitrogens with one attached hydrogen (secondary N) is 3. The molecule has 0 aliphatic heterocycles. The van der Waals surface area contributed by atoms with Crippen LogP contribution < -0.4 is 20.9 Å². The summed E-state index contributed by atoms with van der Waals surface area (Å²) in [6, 6.07) is 13.8. The Kier molecular flexibility index (Phi) is 7.34. The average Bonchev–Trinajstić information content (AvgIpc) is 2.60. The fourth-order valence-electron chi connectivity index (χ4n) is 1.99. The molecule has 2 aromatic rings. The van der Waals surface area contributed by atoms with Crippen molar-refractivity contribution in [2.24, 2.45) is 0 Å². The van der Waals surface area contributed by atoms with E-state index in [0.717, 1.165) is 3.57 Å². The SMILES string of the molecule is CC(C)Oc1ccc(C(=O)NC(=S)NNC(=O)c2ccccc2I)cc1. The maximum atomic E-state index is 12.2. The van der Waals surface area contributed by atoms with Gasteiger partial charge in [0.25, 0.3) is 11.8 Å². The van der Waals surface area contributed by atoms with Crippen molar-refractivity contribution in [1.29, 1.82) is 0 Å². The second-order valence-corrected chi connectivity index (χ2v) is 7.10. The highest BCUT2D eigenvalue weighted by atomic mass is 127. The van der Waals surface area contributed by atoms with E-state index < -0.39 is 0 Å². The van der Waals surface area contributed by atoms with Crippen LogP contribution in [-0.4, -0.2) is 23.0 Å². The van der Waals surface area contributed by atoms with Gasteiger partial charge in [-0.3, -0.25) is 25.8 Å². The Morgan fingerprint density at radius 1 is 1.00 bits per heavy atom. The van der Waals surface area contributed by atoms with E-state index in [1.165, 1.54) is 0 Å². The third-order valence-electron chi connectivity index (χ3n) is 3.12. The molecule has 2 amide bonds. The highest BCUT2D eigenvalue weighted by molar-refractivity contribution is 14.1. The molecule has 6 nitrogen and oxygen atoms in total. The van der Waals surface area contributed by atoms with Crippen LogP contribution in [0, 0.1) is 3.57 Å². The molecule has 8 heteroatoms. The topological polar surface area (TPSA) is 79.5 Å². The third-order valence-corrected chi connectivity index (χ3v) is 4.27. The first kappa shape index (κ1) is 20.1. The summed E-state index contributed by atoms with van der Waals surface area (Å²) in [4.78, 5) is 24.3. The van der Waals surface area contributed by atoms with E-state index in [1.807, 2.05) is 26.0 Å². The maximum absolute atomic E-state index is 12.2. The number of rotatable bonds is 4. The van der Waals surface area contributed by atoms with Gasteiger partial charge in [0.05, 0.1) is 11.7 Å². The number of thiocarbonyl (C=S) groups is 1. The van der Waals surface area contributed by atoms with Gasteiger partial charge in [-0.05, 0) is 85.1 Å². The van der Waals surface area contributed by atoms with Gasteiger partial charge in [-0.1, -0.05) is 12.1 Å². The van der Waals surface area contributed by atoms with Gasteiger partial charge in [-0.2, -0.15) is 0 Å². The van der Waals surface area contributed by atoms with Gasteiger partial charge in [0.1, 0.15) is 5.75 Å². The number of benzene rings is 2. The van der Waals surface area contributed by atoms with E-state index in [2.05, 4.69) is 38.8 Å². The van der Waals surface area contributed by atoms with Crippen LogP contribution in [0.15, 0.2) is 48.5 Å². The summed E-state index contributed by atoms with van der Waals surface area (Å²) >= 11 is 7.10. The van der Waals surface area contributed by atoms with Crippen molar-refractivity contribution in [3.8, 4) is 5.75 Å². The van der Waals surface area contributed by atoms with Gasteiger partial charge in [0, 0.05) is 9.13 Å². The van der Waals surface area contributed by atoms with Gasteiger partial charge in [-0.15, -0.1) is 0 Å². The molecule has 2 rings (SSSR count). The molecule has 136 valence electrons. The largest absolute Gasteiger partial charge is 0.491 e. The number of hydrazine groups is 1. The standard InChI is InChI=1S/C18H18IN3O3S/c1-11(2)25-13-9-7-12(8-10-13)16(23)20-18(26)22-21-17(24)14-5-3-4-6-15(14)19/h3-11H,1-2H3,(H,21,24)(H2,20,22,23,26). The molecule has 0 aromatic heterocycles. The fraction of sp³-hybridized carbons (Fsp3) is 0.167. The normalized spacial score (nSPS) is 10.2. The second-order valence-electron chi connectivity index (χ2n) is 5.53. The Bertz CT molecular complexity index is 810. The van der Waals surface area contributed by atoms with Gasteiger partial charge >= 0.3 is 0 Å². The number of hydrogen-bond acceptors (Lipinski definition) is 4. The Morgan fingerprint density at radius 3 is 2.27 bits per heavy atom. The van der Waals surface area contributed by atoms with Crippen LogP contribution in [0.2, 0.25) is 0 Å². The summed E-state index contributed by atoms with van der Waals surface area (Å²) in [6.07, 6.45) is 0.0581. The lowest BCUT2D eigenvalue weighted by atomic mass is 10.2. The van der Waals surface area contributed by atoms with Crippen LogP contribution in [0.5, 0.6) is 5.75 Å². The molecule has 0 unspecified atom stereocenters. The minimum absolute atomic E-state index is 0.00297. The predicted octanol–water partition coefficient (Wildman–Crippen LogP) is 3.03. The quantitative estimate of drug-likeness (QED) is 0.354. The molecule has 0 aliphatic rings. The van der Waals surface area contributed by atoms with E-state index in [4.69, 9.17) is 17.0 Å². The van der Waals surface area contributed by atoms with E-state index in [-0.39, 0.29) is 23.0 Å². The number of hydrogen-bond donors (Lipinski definition) is 3. The lowest BCUT2D eigenvalue weighted by Crippen LogP contribution is -2.48. The average molecular weight is 483 g/mol. The monoisotopic (exact) mass is 483 g/mol. The van der Waals surface area contributed by atoms with E-state index in [1.54, 1.807) is 36.4 Å². The van der Waals surface area contributed by atoms with Gasteiger partial charge in [0.15, 0.2) is 5.11 Å². The zero-order chi connectivity index (χ0) is 19.1. The molecule has 3 N–H and O–H groups in total. The molecular weight excluding hydrogens is 465 g/mol. The number of carbonyl (C=O) groups excluding carboxylic acids is 2. The Balaban J connectivity index is 1.86. The molecule has 0 atom stereocenters. The first-order valence-electron chi connectivity index (χ1n) is 7.79. The summed E-state index contributed by atoms with van der Waals surface area (Å²) in [7, 11) is 0. The summed E-state index contributed by atoms with van der Waals surface area (Å²) in [5.74, 6) is -0.0501. The number of amides is 2. The summed E-state index contributed by atoms with van der Waals surface area (Å²) in [6.45, 7) is 3.85. The predicted molar refractivity (Wildman–Crippen MR) is 112 cm³/mol. The number of ether oxygens (including phenoxy) is 1. The minimum atomic E-state index is -0.387. The zero-order valence-electron chi connectivity index (χ0n) is 14.2. The lowest BCUT2D eigenvalue weighted by Gasteiger charge is -2.12. The maximum Gasteiger partial charge on any atom is 0.270 e. The summed E-state index contributed by atoms with van der Waals surface area (Å²) < 4.78 is 6.34. The number of halogens is 1. The molecule has 0 fully saturated rings. The van der Waals surface area contributed by atoms with Crippen LogP contribution in [0.25, 0.3) is 0 Å². The van der Waals surface area contributed by atoms with Crippen molar-refractivity contribution in [3.05, 3.63) is 63.2 Å². The highest BCUT2D eigenvalue weighted by Gasteiger charge is 2.11. The molecule has 0 saturated heterocycles. The van der Waals surface area contributed by atoms with Gasteiger partial charge < -0.3 is 4.74 Å². The molecule has 0 saturated carbocycles. The second kappa shape index (κ2) is 9.48. The van der Waals surface area contributed by atoms with Crippen LogP contribution >= 0.6 is 34.8 Å². The molecule has 0 heterocycles. The molecule has 0 spiro atoms. The zero-order valence-corrected chi connectivity index (χ0v) is 17.2. The molecule has 2 aromatic carbocycles. The van der Waals surface area contributed by atoms with Crippen molar-refractivity contribution >= 4 is 51.7 Å². The van der Waals surface area contributed by atoms with Gasteiger partial charge in [-0.25, -0.2) is 0 Å². The molecule has 0 aliphatic carbocycles. The van der Waals surface area contributed by atoms with Crippen LogP contribution in [0.1, 0.15) is 34.6 Å². The van der Waals surface area contributed by atoms with E-state index in [9.17, 15) is 9.59 Å². The number of carbonyl (C=O) groups is 2. The lowest BCUT2D eigenvalue weighted by molar-refractivity contribution is 0.0934. The van der Waals surface area contributed by atoms with Crippen molar-refractivity contribution < 1.29 is 14.3 Å². The van der Waals surface area contributed by atoms with Crippen molar-refractivity contribution in [2.75, 3.05) is 0 Å². The third kappa shape index (κ3) is 5.95. The Labute approximate surface area is 170 Å². The van der Waals surface area contributed by atoms with Crippen molar-refractivity contribution in [2.45, 2.75) is 20.0 Å². The smallest absolute Gasteiger partial charge is 0.270 e. The molecule has 0 bridgehead atoms. The van der Waals surface area contributed by atoms with Crippen molar-refractivity contribution in [3.63, 3.8) is 0 Å².